The number of unbranched alkanes of at least 4 members (excludes halogenated alkanes) is 10. The van der Waals surface area contributed by atoms with E-state index in [9.17, 15) is 14.7 Å². The fourth-order valence-electron chi connectivity index (χ4n) is 13.6. The number of likely N-dealkylation sites (N-methyl/N-ethyl adjacent to an activating group) is 1. The van der Waals surface area contributed by atoms with Gasteiger partial charge in [0.2, 0.25) is 5.91 Å². The number of benzene rings is 1. The van der Waals surface area contributed by atoms with Gasteiger partial charge in [-0.1, -0.05) is 102 Å². The van der Waals surface area contributed by atoms with Gasteiger partial charge in [-0.25, -0.2) is 14.8 Å². The number of para-hydroxylation sites is 1. The number of aromatic nitrogens is 6. The van der Waals surface area contributed by atoms with Gasteiger partial charge in [-0.2, -0.15) is 5.10 Å². The number of nitrogens with one attached hydrogen (secondary N) is 1. The molecule has 0 aliphatic heterocycles. The second-order valence-corrected chi connectivity index (χ2v) is 24.2. The fraction of sp³-hybridized carbons (Fsp3) is 0.632. The number of hydrogen-bond acceptors (Lipinski definition) is 12. The molecule has 4 aromatic heterocycles. The number of anilines is 4. The van der Waals surface area contributed by atoms with E-state index < -0.39 is 5.97 Å². The molecule has 14 nitrogen and oxygen atoms in total. The number of ether oxygens (including phenoxy) is 1. The number of carboxylic acids is 1. The average molecular weight is 1000 g/mol. The van der Waals surface area contributed by atoms with E-state index in [1.807, 2.05) is 72.4 Å². The second-order valence-electron chi connectivity index (χ2n) is 23.1. The largest absolute Gasteiger partial charge is 0.476 e. The van der Waals surface area contributed by atoms with Crippen molar-refractivity contribution in [3.63, 3.8) is 0 Å². The summed E-state index contributed by atoms with van der Waals surface area (Å²) in [5, 5.41) is 29.3. The number of aryl methyl sites for hydroxylation is 1. The van der Waals surface area contributed by atoms with Crippen molar-refractivity contribution in [2.75, 3.05) is 57.6 Å². The normalized spacial score (nSPS) is 22.3. The van der Waals surface area contributed by atoms with Crippen molar-refractivity contribution in [3.05, 3.63) is 65.6 Å². The molecule has 4 saturated carbocycles. The third-order valence-electron chi connectivity index (χ3n) is 15.9. The Balaban J connectivity index is 0.977. The zero-order valence-corrected chi connectivity index (χ0v) is 45.5. The lowest BCUT2D eigenvalue weighted by Crippen LogP contribution is -2.64. The Morgan fingerprint density at radius 2 is 1.47 bits per heavy atom. The number of thiazole rings is 1. The number of carbonyl (C=O) groups is 2. The third kappa shape index (κ3) is 12.8. The molecule has 4 aliphatic rings. The third-order valence-corrected chi connectivity index (χ3v) is 16.9. The molecule has 1 amide bonds. The predicted octanol–water partition coefficient (Wildman–Crippen LogP) is 12.8. The molecule has 2 unspecified atom stereocenters. The van der Waals surface area contributed by atoms with Gasteiger partial charge in [0.15, 0.2) is 22.5 Å². The first-order valence-electron chi connectivity index (χ1n) is 27.0. The van der Waals surface area contributed by atoms with E-state index in [2.05, 4.69) is 61.8 Å². The van der Waals surface area contributed by atoms with Crippen molar-refractivity contribution in [1.82, 2.24) is 39.7 Å². The van der Waals surface area contributed by atoms with E-state index in [0.717, 1.165) is 103 Å². The number of fused-ring (bicyclic) bond motifs is 1. The molecule has 4 bridgehead atoms. The van der Waals surface area contributed by atoms with Crippen LogP contribution in [0.15, 0.2) is 48.7 Å². The zero-order valence-electron chi connectivity index (χ0n) is 44.7. The van der Waals surface area contributed by atoms with Gasteiger partial charge in [0.25, 0.3) is 0 Å². The van der Waals surface area contributed by atoms with Crippen LogP contribution in [-0.2, 0) is 16.1 Å². The van der Waals surface area contributed by atoms with Gasteiger partial charge in [0.1, 0.15) is 5.82 Å². The summed E-state index contributed by atoms with van der Waals surface area (Å²) < 4.78 is 10.1. The van der Waals surface area contributed by atoms with Gasteiger partial charge in [-0.3, -0.25) is 9.48 Å². The van der Waals surface area contributed by atoms with Crippen LogP contribution >= 0.6 is 11.3 Å². The van der Waals surface area contributed by atoms with E-state index in [1.165, 1.54) is 57.8 Å². The van der Waals surface area contributed by atoms with Gasteiger partial charge in [-0.05, 0) is 138 Å². The topological polar surface area (TPSA) is 155 Å². The Labute approximate surface area is 432 Å². The molecule has 0 radical (unpaired) electrons. The van der Waals surface area contributed by atoms with Crippen LogP contribution < -0.4 is 10.2 Å². The molecule has 0 saturated heterocycles. The van der Waals surface area contributed by atoms with Crippen LogP contribution in [0.5, 0.6) is 0 Å². The van der Waals surface area contributed by atoms with Gasteiger partial charge in [0, 0.05) is 56.5 Å². The molecule has 4 fully saturated rings. The van der Waals surface area contributed by atoms with Crippen molar-refractivity contribution < 1.29 is 19.4 Å². The number of pyridine rings is 1. The molecule has 9 rings (SSSR count). The SMILES string of the molecule is CCCCCCCCCCCCC(=O)N(C)CCCCN(c1cc(C)c(Nc2nc3ccccc3s2)nn1)c1ccc(-c2cnn(CC34CC5(C)CC(C)(C3)CC(OCCN(C)C)(C5)C4)c2C)c(C(=O)O)n1. The number of rotatable bonds is 28. The standard InChI is InChI=1S/C57H82N10O4S/c1-9-10-11-12-13-14-15-16-17-18-25-49(68)65(8)28-21-22-29-66(48-32-41(2)51(63-62-48)61-53-59-45-23-19-20-24-46(45)72-53)47-27-26-43(50(60-47)52(69)70)44-33-58-67(42(44)3)40-56-35-54(4)34-55(5,36-56)38-57(37-54,39-56)71-31-30-64(6)7/h19-20,23-24,26-27,32-33H,9-18,21-22,25,28-31,34-40H2,1-8H3,(H,69,70)(H,59,61,63). The number of amides is 1. The summed E-state index contributed by atoms with van der Waals surface area (Å²) in [4.78, 5) is 42.0. The summed E-state index contributed by atoms with van der Waals surface area (Å²) in [6.07, 6.45) is 23.0. The molecule has 0 spiro atoms. The lowest BCUT2D eigenvalue weighted by atomic mass is 9.39. The van der Waals surface area contributed by atoms with Crippen molar-refractivity contribution in [2.24, 2.45) is 16.2 Å². The van der Waals surface area contributed by atoms with Gasteiger partial charge in [0.05, 0.1) is 28.6 Å². The Morgan fingerprint density at radius 1 is 0.778 bits per heavy atom. The van der Waals surface area contributed by atoms with Gasteiger partial charge < -0.3 is 29.9 Å². The quantitative estimate of drug-likeness (QED) is 0.0458. The van der Waals surface area contributed by atoms with Crippen LogP contribution in [0.1, 0.15) is 165 Å². The molecular formula is C57H82N10O4S. The van der Waals surface area contributed by atoms with Crippen molar-refractivity contribution in [2.45, 2.75) is 169 Å². The lowest BCUT2D eigenvalue weighted by Gasteiger charge is -2.69. The lowest BCUT2D eigenvalue weighted by molar-refractivity contribution is -0.248. The number of carbonyl (C=O) groups excluding carboxylic acids is 1. The summed E-state index contributed by atoms with van der Waals surface area (Å²) in [5.74, 6) is 0.668. The Kier molecular flexibility index (Phi) is 17.1. The summed E-state index contributed by atoms with van der Waals surface area (Å²) in [6.45, 7) is 14.8. The Hall–Kier alpha value is -4.99. The smallest absolute Gasteiger partial charge is 0.355 e. The molecule has 1 aromatic carbocycles. The molecule has 390 valence electrons. The number of nitrogens with zero attached hydrogens (tertiary/aromatic N) is 9. The fourth-order valence-corrected chi connectivity index (χ4v) is 14.4. The Bertz CT molecular complexity index is 2590. The van der Waals surface area contributed by atoms with Crippen LogP contribution in [0.4, 0.5) is 22.6 Å². The summed E-state index contributed by atoms with van der Waals surface area (Å²) in [6, 6.07) is 13.7. The van der Waals surface area contributed by atoms with E-state index in [-0.39, 0.29) is 33.4 Å². The number of hydrogen-bond donors (Lipinski definition) is 2. The van der Waals surface area contributed by atoms with Crippen molar-refractivity contribution in [1.29, 1.82) is 0 Å². The minimum Gasteiger partial charge on any atom is -0.476 e. The first-order chi connectivity index (χ1) is 34.5. The second kappa shape index (κ2) is 23.1. The van der Waals surface area contributed by atoms with Crippen molar-refractivity contribution in [3.8, 4) is 11.1 Å². The summed E-state index contributed by atoms with van der Waals surface area (Å²) in [7, 11) is 6.10. The number of carboxylic acid groups (broad SMARTS) is 1. The molecule has 72 heavy (non-hydrogen) atoms. The van der Waals surface area contributed by atoms with E-state index in [0.29, 0.717) is 48.9 Å². The highest BCUT2D eigenvalue weighted by Crippen LogP contribution is 2.72. The van der Waals surface area contributed by atoms with Gasteiger partial charge >= 0.3 is 5.97 Å². The van der Waals surface area contributed by atoms with Crippen LogP contribution in [-0.4, -0.2) is 110 Å². The first-order valence-corrected chi connectivity index (χ1v) is 27.9. The van der Waals surface area contributed by atoms with E-state index in [4.69, 9.17) is 24.9 Å². The van der Waals surface area contributed by atoms with E-state index in [1.54, 1.807) is 11.3 Å². The average Bonchev–Trinajstić information content (AvgIpc) is 3.90. The highest BCUT2D eigenvalue weighted by atomic mass is 32.1. The molecule has 5 aromatic rings. The predicted molar refractivity (Wildman–Crippen MR) is 291 cm³/mol. The highest BCUT2D eigenvalue weighted by Gasteiger charge is 2.66. The van der Waals surface area contributed by atoms with Crippen molar-refractivity contribution >= 4 is 56.0 Å². The van der Waals surface area contributed by atoms with Crippen LogP contribution in [0.2, 0.25) is 0 Å². The monoisotopic (exact) mass is 1000 g/mol. The summed E-state index contributed by atoms with van der Waals surface area (Å²) >= 11 is 1.55. The molecular weight excluding hydrogens is 921 g/mol. The molecule has 4 aliphatic carbocycles. The van der Waals surface area contributed by atoms with Crippen LogP contribution in [0.25, 0.3) is 21.3 Å². The highest BCUT2D eigenvalue weighted by molar-refractivity contribution is 7.22. The minimum atomic E-state index is -1.11. The zero-order chi connectivity index (χ0) is 51.1. The van der Waals surface area contributed by atoms with Crippen LogP contribution in [0.3, 0.4) is 0 Å². The maximum atomic E-state index is 13.3. The first kappa shape index (κ1) is 53.3. The number of aromatic carboxylic acids is 1. The Morgan fingerprint density at radius 3 is 2.15 bits per heavy atom. The molecule has 2 N–H and O–H groups in total. The maximum Gasteiger partial charge on any atom is 0.355 e. The van der Waals surface area contributed by atoms with Crippen LogP contribution in [0, 0.1) is 30.1 Å². The van der Waals surface area contributed by atoms with Gasteiger partial charge in [-0.15, -0.1) is 10.2 Å². The molecule has 2 atom stereocenters. The maximum absolute atomic E-state index is 13.3. The molecule has 4 heterocycles. The van der Waals surface area contributed by atoms with E-state index >= 15 is 0 Å². The summed E-state index contributed by atoms with van der Waals surface area (Å²) in [5.41, 5.74) is 4.29. The molecule has 15 heteroatoms. The minimum absolute atomic E-state index is 0.0377.